The van der Waals surface area contributed by atoms with Gasteiger partial charge in [-0.15, -0.1) is 0 Å². The number of rotatable bonds is 3. The van der Waals surface area contributed by atoms with Crippen molar-refractivity contribution in [3.05, 3.63) is 0 Å². The van der Waals surface area contributed by atoms with Crippen molar-refractivity contribution in [1.29, 1.82) is 0 Å². The molecular weight excluding hydrogens is 322 g/mol. The van der Waals surface area contributed by atoms with Crippen molar-refractivity contribution in [3.63, 3.8) is 0 Å². The van der Waals surface area contributed by atoms with Gasteiger partial charge in [0.15, 0.2) is 8.32 Å². The van der Waals surface area contributed by atoms with E-state index < -0.39 is 19.5 Å². The molecule has 1 saturated heterocycles. The zero-order chi connectivity index (χ0) is 19.0. The van der Waals surface area contributed by atoms with Gasteiger partial charge in [-0.2, -0.15) is 0 Å². The molecule has 0 bridgehead atoms. The summed E-state index contributed by atoms with van der Waals surface area (Å²) in [7, 11) is -1.88. The highest BCUT2D eigenvalue weighted by Crippen LogP contribution is 2.37. The Morgan fingerprint density at radius 1 is 1.25 bits per heavy atom. The second kappa shape index (κ2) is 6.96. The number of carbonyl (C=O) groups is 1. The highest BCUT2D eigenvalue weighted by molar-refractivity contribution is 6.74. The zero-order valence-corrected chi connectivity index (χ0v) is 18.0. The third kappa shape index (κ3) is 6.04. The van der Waals surface area contributed by atoms with Crippen molar-refractivity contribution in [2.75, 3.05) is 13.2 Å². The van der Waals surface area contributed by atoms with E-state index in [9.17, 15) is 9.90 Å². The number of β-amino-alcohol motifs (C(OH)–C–C–N with tert-alkyl or cyclic N) is 1. The monoisotopic (exact) mass is 359 g/mol. The van der Waals surface area contributed by atoms with Crippen LogP contribution in [0.4, 0.5) is 4.79 Å². The maximum Gasteiger partial charge on any atom is 0.410 e. The van der Waals surface area contributed by atoms with Gasteiger partial charge in [-0.25, -0.2) is 4.79 Å². The Balaban J connectivity index is 2.84. The fourth-order valence-electron chi connectivity index (χ4n) is 2.44. The number of aliphatic hydroxyl groups is 1. The maximum atomic E-state index is 12.6. The van der Waals surface area contributed by atoms with Crippen LogP contribution in [0.2, 0.25) is 18.1 Å². The molecule has 1 aliphatic rings. The summed E-state index contributed by atoms with van der Waals surface area (Å²) in [6.07, 6.45) is 1.02. The fraction of sp³-hybridized carbons (Fsp3) is 0.944. The standard InChI is InChI=1S/C18H37NO4Si/c1-16(2,3)23-15(20)19-13-18(7,21)11-10-14(19)12-22-24(8,9)17(4,5)6/h14,21H,10-13H2,1-9H3/t14-,18?/m0/s1. The minimum Gasteiger partial charge on any atom is -0.444 e. The second-order valence-corrected chi connectivity index (χ2v) is 14.7. The van der Waals surface area contributed by atoms with Crippen molar-refractivity contribution in [2.24, 2.45) is 0 Å². The minimum atomic E-state index is -1.88. The second-order valence-electron chi connectivity index (χ2n) is 9.87. The molecular formula is C18H37NO4Si. The molecule has 1 amide bonds. The molecule has 0 saturated carbocycles. The predicted molar refractivity (Wildman–Crippen MR) is 99.7 cm³/mol. The Morgan fingerprint density at radius 3 is 2.25 bits per heavy atom. The summed E-state index contributed by atoms with van der Waals surface area (Å²) in [6.45, 7) is 19.2. The first-order valence-electron chi connectivity index (χ1n) is 8.90. The lowest BCUT2D eigenvalue weighted by molar-refractivity contribution is -0.0583. The van der Waals surface area contributed by atoms with Crippen molar-refractivity contribution in [3.8, 4) is 0 Å². The fourth-order valence-corrected chi connectivity index (χ4v) is 3.48. The van der Waals surface area contributed by atoms with E-state index in [0.717, 1.165) is 6.42 Å². The van der Waals surface area contributed by atoms with E-state index >= 15 is 0 Å². The van der Waals surface area contributed by atoms with Crippen molar-refractivity contribution in [2.45, 2.75) is 96.7 Å². The van der Waals surface area contributed by atoms with Gasteiger partial charge in [-0.1, -0.05) is 20.8 Å². The molecule has 24 heavy (non-hydrogen) atoms. The Kier molecular flexibility index (Phi) is 6.22. The molecule has 6 heteroatoms. The predicted octanol–water partition coefficient (Wildman–Crippen LogP) is 4.16. The molecule has 0 aromatic rings. The molecule has 1 aliphatic heterocycles. The molecule has 1 fully saturated rings. The normalized spacial score (nSPS) is 26.4. The van der Waals surface area contributed by atoms with Crippen molar-refractivity contribution in [1.82, 2.24) is 4.90 Å². The third-order valence-corrected chi connectivity index (χ3v) is 9.54. The lowest BCUT2D eigenvalue weighted by Crippen LogP contribution is -2.57. The summed E-state index contributed by atoms with van der Waals surface area (Å²) in [6, 6.07) is -0.0470. The van der Waals surface area contributed by atoms with Gasteiger partial charge in [-0.05, 0) is 58.7 Å². The van der Waals surface area contributed by atoms with E-state index in [4.69, 9.17) is 9.16 Å². The van der Waals surface area contributed by atoms with Gasteiger partial charge in [-0.3, -0.25) is 0 Å². The molecule has 0 radical (unpaired) electrons. The molecule has 142 valence electrons. The Bertz CT molecular complexity index is 449. The number of amides is 1. The number of hydrogen-bond donors (Lipinski definition) is 1. The first-order chi connectivity index (χ1) is 10.5. The number of ether oxygens (including phenoxy) is 1. The maximum absolute atomic E-state index is 12.6. The summed E-state index contributed by atoms with van der Waals surface area (Å²) < 4.78 is 11.9. The summed E-state index contributed by atoms with van der Waals surface area (Å²) in [4.78, 5) is 14.2. The molecule has 2 atom stereocenters. The van der Waals surface area contributed by atoms with Crippen LogP contribution in [0.25, 0.3) is 0 Å². The van der Waals surface area contributed by atoms with E-state index in [0.29, 0.717) is 13.0 Å². The summed E-state index contributed by atoms with van der Waals surface area (Å²) in [5.41, 5.74) is -1.42. The van der Waals surface area contributed by atoms with Gasteiger partial charge >= 0.3 is 6.09 Å². The van der Waals surface area contributed by atoms with Crippen LogP contribution in [0, 0.1) is 0 Å². The van der Waals surface area contributed by atoms with E-state index in [1.165, 1.54) is 0 Å². The van der Waals surface area contributed by atoms with Crippen LogP contribution < -0.4 is 0 Å². The van der Waals surface area contributed by atoms with Crippen LogP contribution in [0.5, 0.6) is 0 Å². The largest absolute Gasteiger partial charge is 0.444 e. The quantitative estimate of drug-likeness (QED) is 0.769. The minimum absolute atomic E-state index is 0.0470. The van der Waals surface area contributed by atoms with Crippen molar-refractivity contribution >= 4 is 14.4 Å². The van der Waals surface area contributed by atoms with Crippen LogP contribution in [0.3, 0.4) is 0 Å². The van der Waals surface area contributed by atoms with Crippen molar-refractivity contribution < 1.29 is 19.1 Å². The number of nitrogens with zero attached hydrogens (tertiary/aromatic N) is 1. The first-order valence-corrected chi connectivity index (χ1v) is 11.8. The molecule has 1 unspecified atom stereocenters. The number of piperidine rings is 1. The van der Waals surface area contributed by atoms with Gasteiger partial charge in [0.05, 0.1) is 24.8 Å². The zero-order valence-electron chi connectivity index (χ0n) is 17.0. The third-order valence-electron chi connectivity index (χ3n) is 5.04. The number of likely N-dealkylation sites (tertiary alicyclic amines) is 1. The molecule has 0 aliphatic carbocycles. The van der Waals surface area contributed by atoms with Crippen LogP contribution in [0.1, 0.15) is 61.3 Å². The first kappa shape index (κ1) is 21.4. The van der Waals surface area contributed by atoms with Gasteiger partial charge in [0.25, 0.3) is 0 Å². The van der Waals surface area contributed by atoms with Gasteiger partial charge in [0.2, 0.25) is 0 Å². The molecule has 0 spiro atoms. The SMILES string of the molecule is CC1(O)CC[C@@H](CO[Si](C)(C)C(C)(C)C)N(C(=O)OC(C)(C)C)C1. The Hall–Kier alpha value is -0.593. The number of hydrogen-bond acceptors (Lipinski definition) is 4. The average Bonchev–Trinajstić information content (AvgIpc) is 2.33. The van der Waals surface area contributed by atoms with E-state index in [1.54, 1.807) is 11.8 Å². The summed E-state index contributed by atoms with van der Waals surface area (Å²) in [5, 5.41) is 10.5. The highest BCUT2D eigenvalue weighted by Gasteiger charge is 2.42. The van der Waals surface area contributed by atoms with Crippen LogP contribution in [-0.4, -0.2) is 54.8 Å². The molecule has 1 heterocycles. The highest BCUT2D eigenvalue weighted by atomic mass is 28.4. The smallest absolute Gasteiger partial charge is 0.410 e. The Labute approximate surface area is 148 Å². The molecule has 1 rings (SSSR count). The lowest BCUT2D eigenvalue weighted by Gasteiger charge is -2.44. The van der Waals surface area contributed by atoms with Crippen LogP contribution in [-0.2, 0) is 9.16 Å². The van der Waals surface area contributed by atoms with Gasteiger partial charge < -0.3 is 19.2 Å². The molecule has 0 aromatic carbocycles. The number of carbonyl (C=O) groups excluding carboxylic acids is 1. The average molecular weight is 360 g/mol. The lowest BCUT2D eigenvalue weighted by atomic mass is 9.91. The van der Waals surface area contributed by atoms with E-state index in [-0.39, 0.29) is 23.7 Å². The van der Waals surface area contributed by atoms with E-state index in [2.05, 4.69) is 33.9 Å². The van der Waals surface area contributed by atoms with E-state index in [1.807, 2.05) is 20.8 Å². The van der Waals surface area contributed by atoms with Crippen LogP contribution >= 0.6 is 0 Å². The molecule has 0 aromatic heterocycles. The van der Waals surface area contributed by atoms with Gasteiger partial charge in [0, 0.05) is 0 Å². The summed E-state index contributed by atoms with van der Waals surface area (Å²) in [5.74, 6) is 0. The van der Waals surface area contributed by atoms with Gasteiger partial charge in [0.1, 0.15) is 5.60 Å². The topological polar surface area (TPSA) is 59.0 Å². The molecule has 5 nitrogen and oxygen atoms in total. The Morgan fingerprint density at radius 2 is 1.79 bits per heavy atom. The molecule has 1 N–H and O–H groups in total. The van der Waals surface area contributed by atoms with Crippen LogP contribution in [0.15, 0.2) is 0 Å². The summed E-state index contributed by atoms with van der Waals surface area (Å²) >= 11 is 0.